The molecule has 0 saturated carbocycles. The molecule has 0 aliphatic rings. The molecule has 0 aromatic heterocycles. The van der Waals surface area contributed by atoms with Crippen molar-refractivity contribution in [3.63, 3.8) is 0 Å². The maximum absolute atomic E-state index is 11.5. The number of nitrogens with zero attached hydrogens (tertiary/aromatic N) is 1. The minimum Gasteiger partial charge on any atom is -0.483 e. The lowest BCUT2D eigenvalue weighted by atomic mass is 10.0. The van der Waals surface area contributed by atoms with Crippen molar-refractivity contribution in [2.75, 3.05) is 6.61 Å². The summed E-state index contributed by atoms with van der Waals surface area (Å²) in [5, 5.41) is 3.85. The Morgan fingerprint density at radius 1 is 1.37 bits per heavy atom. The standard InChI is InChI=1S/C15H22N2O2/c1-10(2)13-7-6-12(5)8-14(13)19-9-15(18)17-16-11(3)4/h6-8,10H,9H2,1-5H3,(H,17,18). The first kappa shape index (κ1) is 15.2. The molecule has 0 heterocycles. The van der Waals surface area contributed by atoms with Crippen LogP contribution in [0.5, 0.6) is 5.75 Å². The summed E-state index contributed by atoms with van der Waals surface area (Å²) in [7, 11) is 0. The lowest BCUT2D eigenvalue weighted by Gasteiger charge is -2.14. The number of carbonyl (C=O) groups is 1. The molecular formula is C15H22N2O2. The highest BCUT2D eigenvalue weighted by molar-refractivity contribution is 5.83. The van der Waals surface area contributed by atoms with Crippen LogP contribution < -0.4 is 10.2 Å². The average Bonchev–Trinajstić information content (AvgIpc) is 2.33. The zero-order chi connectivity index (χ0) is 14.4. The molecule has 0 fully saturated rings. The predicted molar refractivity (Wildman–Crippen MR) is 77.7 cm³/mol. The van der Waals surface area contributed by atoms with Crippen molar-refractivity contribution in [1.82, 2.24) is 5.43 Å². The van der Waals surface area contributed by atoms with Crippen molar-refractivity contribution < 1.29 is 9.53 Å². The van der Waals surface area contributed by atoms with Gasteiger partial charge in [0.05, 0.1) is 0 Å². The predicted octanol–water partition coefficient (Wildman–Crippen LogP) is 3.01. The Kier molecular flexibility index (Phi) is 5.55. The second-order valence-electron chi connectivity index (χ2n) is 5.08. The molecule has 0 spiro atoms. The topological polar surface area (TPSA) is 50.7 Å². The lowest BCUT2D eigenvalue weighted by Crippen LogP contribution is -2.25. The fraction of sp³-hybridized carbons (Fsp3) is 0.467. The fourth-order valence-electron chi connectivity index (χ4n) is 1.59. The Labute approximate surface area is 114 Å². The molecule has 104 valence electrons. The highest BCUT2D eigenvalue weighted by atomic mass is 16.5. The van der Waals surface area contributed by atoms with E-state index in [2.05, 4.69) is 24.4 Å². The summed E-state index contributed by atoms with van der Waals surface area (Å²) in [5.74, 6) is 0.870. The molecule has 1 rings (SSSR count). The summed E-state index contributed by atoms with van der Waals surface area (Å²) in [6, 6.07) is 6.05. The molecule has 0 bridgehead atoms. The van der Waals surface area contributed by atoms with Gasteiger partial charge in [0, 0.05) is 5.71 Å². The number of aryl methyl sites for hydroxylation is 1. The first-order valence-electron chi connectivity index (χ1n) is 6.43. The van der Waals surface area contributed by atoms with E-state index in [1.54, 1.807) is 0 Å². The Morgan fingerprint density at radius 2 is 2.05 bits per heavy atom. The van der Waals surface area contributed by atoms with Crippen molar-refractivity contribution in [2.45, 2.75) is 40.5 Å². The Balaban J connectivity index is 2.69. The molecule has 1 N–H and O–H groups in total. The quantitative estimate of drug-likeness (QED) is 0.655. The van der Waals surface area contributed by atoms with Gasteiger partial charge in [-0.15, -0.1) is 0 Å². The molecule has 4 nitrogen and oxygen atoms in total. The van der Waals surface area contributed by atoms with E-state index in [0.717, 1.165) is 22.6 Å². The summed E-state index contributed by atoms with van der Waals surface area (Å²) in [6.07, 6.45) is 0. The highest BCUT2D eigenvalue weighted by Gasteiger charge is 2.09. The number of amides is 1. The first-order chi connectivity index (χ1) is 8.90. The monoisotopic (exact) mass is 262 g/mol. The number of nitrogens with one attached hydrogen (secondary N) is 1. The van der Waals surface area contributed by atoms with Crippen LogP contribution in [-0.4, -0.2) is 18.2 Å². The van der Waals surface area contributed by atoms with Gasteiger partial charge in [0.2, 0.25) is 0 Å². The number of rotatable bonds is 5. The van der Waals surface area contributed by atoms with E-state index in [4.69, 9.17) is 4.74 Å². The van der Waals surface area contributed by atoms with E-state index in [1.165, 1.54) is 0 Å². The third kappa shape index (κ3) is 5.12. The third-order valence-electron chi connectivity index (χ3n) is 2.55. The van der Waals surface area contributed by atoms with Gasteiger partial charge in [0.25, 0.3) is 5.91 Å². The van der Waals surface area contributed by atoms with E-state index in [-0.39, 0.29) is 12.5 Å². The normalized spacial score (nSPS) is 10.2. The van der Waals surface area contributed by atoms with E-state index in [9.17, 15) is 4.79 Å². The molecule has 1 aromatic carbocycles. The molecule has 0 atom stereocenters. The summed E-state index contributed by atoms with van der Waals surface area (Å²) in [6.45, 7) is 9.81. The molecule has 0 aliphatic heterocycles. The number of hydrazone groups is 1. The van der Waals surface area contributed by atoms with Crippen LogP contribution >= 0.6 is 0 Å². The van der Waals surface area contributed by atoms with Gasteiger partial charge >= 0.3 is 0 Å². The van der Waals surface area contributed by atoms with Crippen molar-refractivity contribution >= 4 is 11.6 Å². The Hall–Kier alpha value is -1.84. The maximum atomic E-state index is 11.5. The molecule has 0 saturated heterocycles. The van der Waals surface area contributed by atoms with Gasteiger partial charge in [-0.25, -0.2) is 5.43 Å². The highest BCUT2D eigenvalue weighted by Crippen LogP contribution is 2.27. The van der Waals surface area contributed by atoms with Gasteiger partial charge in [-0.2, -0.15) is 5.10 Å². The Morgan fingerprint density at radius 3 is 2.63 bits per heavy atom. The maximum Gasteiger partial charge on any atom is 0.277 e. The SMILES string of the molecule is CC(C)=NNC(=O)COc1cc(C)ccc1C(C)C. The van der Waals surface area contributed by atoms with Crippen molar-refractivity contribution in [1.29, 1.82) is 0 Å². The van der Waals surface area contributed by atoms with Crippen LogP contribution in [0, 0.1) is 6.92 Å². The van der Waals surface area contributed by atoms with Crippen LogP contribution in [0.2, 0.25) is 0 Å². The molecule has 0 radical (unpaired) electrons. The van der Waals surface area contributed by atoms with Gasteiger partial charge in [0.1, 0.15) is 5.75 Å². The minimum absolute atomic E-state index is 0.0278. The molecule has 19 heavy (non-hydrogen) atoms. The zero-order valence-electron chi connectivity index (χ0n) is 12.3. The van der Waals surface area contributed by atoms with Crippen LogP contribution in [-0.2, 0) is 4.79 Å². The van der Waals surface area contributed by atoms with Crippen molar-refractivity contribution in [3.8, 4) is 5.75 Å². The number of carbonyl (C=O) groups excluding carboxylic acids is 1. The number of benzene rings is 1. The van der Waals surface area contributed by atoms with Gasteiger partial charge in [-0.05, 0) is 43.9 Å². The summed E-state index contributed by atoms with van der Waals surface area (Å²) in [5.41, 5.74) is 5.46. The second-order valence-corrected chi connectivity index (χ2v) is 5.08. The van der Waals surface area contributed by atoms with E-state index in [0.29, 0.717) is 5.92 Å². The van der Waals surface area contributed by atoms with Crippen LogP contribution in [0.15, 0.2) is 23.3 Å². The number of hydrogen-bond donors (Lipinski definition) is 1. The summed E-state index contributed by atoms with van der Waals surface area (Å²) in [4.78, 5) is 11.5. The van der Waals surface area contributed by atoms with Gasteiger partial charge < -0.3 is 4.74 Å². The molecular weight excluding hydrogens is 240 g/mol. The third-order valence-corrected chi connectivity index (χ3v) is 2.55. The minimum atomic E-state index is -0.252. The molecule has 1 amide bonds. The molecule has 0 aliphatic carbocycles. The molecule has 1 aromatic rings. The van der Waals surface area contributed by atoms with E-state index < -0.39 is 0 Å². The van der Waals surface area contributed by atoms with Gasteiger partial charge in [-0.3, -0.25) is 4.79 Å². The summed E-state index contributed by atoms with van der Waals surface area (Å²) < 4.78 is 5.59. The molecule has 4 heteroatoms. The average molecular weight is 262 g/mol. The van der Waals surface area contributed by atoms with Crippen molar-refractivity contribution in [2.24, 2.45) is 5.10 Å². The largest absolute Gasteiger partial charge is 0.483 e. The van der Waals surface area contributed by atoms with E-state index in [1.807, 2.05) is 39.0 Å². The number of hydrogen-bond acceptors (Lipinski definition) is 3. The van der Waals surface area contributed by atoms with Gasteiger partial charge in [0.15, 0.2) is 6.61 Å². The fourth-order valence-corrected chi connectivity index (χ4v) is 1.59. The first-order valence-corrected chi connectivity index (χ1v) is 6.43. The van der Waals surface area contributed by atoms with Crippen LogP contribution in [0.3, 0.4) is 0 Å². The van der Waals surface area contributed by atoms with Crippen LogP contribution in [0.25, 0.3) is 0 Å². The summed E-state index contributed by atoms with van der Waals surface area (Å²) >= 11 is 0. The van der Waals surface area contributed by atoms with Crippen LogP contribution in [0.1, 0.15) is 44.7 Å². The van der Waals surface area contributed by atoms with Gasteiger partial charge in [-0.1, -0.05) is 26.0 Å². The lowest BCUT2D eigenvalue weighted by molar-refractivity contribution is -0.123. The Bertz CT molecular complexity index is 475. The zero-order valence-corrected chi connectivity index (χ0v) is 12.3. The number of ether oxygens (including phenoxy) is 1. The smallest absolute Gasteiger partial charge is 0.277 e. The second kappa shape index (κ2) is 6.92. The van der Waals surface area contributed by atoms with Crippen LogP contribution in [0.4, 0.5) is 0 Å². The van der Waals surface area contributed by atoms with Crippen molar-refractivity contribution in [3.05, 3.63) is 29.3 Å². The van der Waals surface area contributed by atoms with E-state index >= 15 is 0 Å². The molecule has 0 unspecified atom stereocenters.